The van der Waals surface area contributed by atoms with Crippen molar-refractivity contribution < 1.29 is 19.4 Å². The van der Waals surface area contributed by atoms with Crippen LogP contribution < -0.4 is 5.73 Å². The monoisotopic (exact) mass is 232 g/mol. The minimum absolute atomic E-state index is 0.0466. The first-order chi connectivity index (χ1) is 7.52. The second-order valence-electron chi connectivity index (χ2n) is 3.47. The van der Waals surface area contributed by atoms with Gasteiger partial charge in [0.15, 0.2) is 0 Å². The van der Waals surface area contributed by atoms with E-state index in [1.165, 1.54) is 4.90 Å². The summed E-state index contributed by atoms with van der Waals surface area (Å²) in [6.07, 6.45) is -0.0591. The van der Waals surface area contributed by atoms with Crippen molar-refractivity contribution in [3.63, 3.8) is 0 Å². The second-order valence-corrected chi connectivity index (χ2v) is 3.47. The molecule has 0 radical (unpaired) electrons. The maximum atomic E-state index is 11.6. The first-order valence-corrected chi connectivity index (χ1v) is 5.32. The Labute approximate surface area is 95.4 Å². The summed E-state index contributed by atoms with van der Waals surface area (Å²) in [5.74, 6) is -1.12. The lowest BCUT2D eigenvalue weighted by Crippen LogP contribution is -2.41. The van der Waals surface area contributed by atoms with E-state index in [1.807, 2.05) is 0 Å². The molecule has 0 aliphatic carbocycles. The van der Waals surface area contributed by atoms with E-state index in [-0.39, 0.29) is 25.0 Å². The Hall–Kier alpha value is -1.14. The lowest BCUT2D eigenvalue weighted by molar-refractivity contribution is -0.142. The molecule has 0 aromatic carbocycles. The highest BCUT2D eigenvalue weighted by molar-refractivity contribution is 5.78. The van der Waals surface area contributed by atoms with Crippen LogP contribution in [-0.2, 0) is 14.3 Å². The molecule has 6 nitrogen and oxygen atoms in total. The fourth-order valence-electron chi connectivity index (χ4n) is 1.42. The Kier molecular flexibility index (Phi) is 7.49. The van der Waals surface area contributed by atoms with Crippen molar-refractivity contribution in [3.8, 4) is 0 Å². The van der Waals surface area contributed by atoms with E-state index in [2.05, 4.69) is 0 Å². The molecular weight excluding hydrogens is 212 g/mol. The normalized spacial score (nSPS) is 12.2. The number of nitrogens with zero attached hydrogens (tertiary/aromatic N) is 1. The molecule has 1 amide bonds. The number of rotatable bonds is 8. The molecule has 16 heavy (non-hydrogen) atoms. The molecule has 6 heteroatoms. The van der Waals surface area contributed by atoms with Gasteiger partial charge in [0.1, 0.15) is 6.61 Å². The van der Waals surface area contributed by atoms with Crippen molar-refractivity contribution in [2.45, 2.75) is 26.3 Å². The van der Waals surface area contributed by atoms with Crippen LogP contribution in [0.4, 0.5) is 0 Å². The summed E-state index contributed by atoms with van der Waals surface area (Å²) in [4.78, 5) is 23.7. The molecule has 0 aliphatic heterocycles. The summed E-state index contributed by atoms with van der Waals surface area (Å²) in [6, 6.07) is -0.323. The minimum Gasteiger partial charge on any atom is -0.481 e. The largest absolute Gasteiger partial charge is 0.481 e. The van der Waals surface area contributed by atoms with Crippen molar-refractivity contribution in [3.05, 3.63) is 0 Å². The Morgan fingerprint density at radius 1 is 1.50 bits per heavy atom. The van der Waals surface area contributed by atoms with Gasteiger partial charge in [-0.05, 0) is 13.8 Å². The number of ether oxygens (including phenoxy) is 1. The summed E-state index contributed by atoms with van der Waals surface area (Å²) >= 11 is 0. The third kappa shape index (κ3) is 5.67. The highest BCUT2D eigenvalue weighted by atomic mass is 16.5. The van der Waals surface area contributed by atoms with Crippen LogP contribution in [0.1, 0.15) is 20.3 Å². The van der Waals surface area contributed by atoms with Gasteiger partial charge < -0.3 is 20.5 Å². The first-order valence-electron chi connectivity index (χ1n) is 5.32. The van der Waals surface area contributed by atoms with Gasteiger partial charge >= 0.3 is 5.97 Å². The molecule has 0 rings (SSSR count). The van der Waals surface area contributed by atoms with Crippen LogP contribution in [0.25, 0.3) is 0 Å². The number of carboxylic acids is 1. The number of hydrogen-bond donors (Lipinski definition) is 2. The fourth-order valence-corrected chi connectivity index (χ4v) is 1.42. The predicted octanol–water partition coefficient (Wildman–Crippen LogP) is -0.327. The number of amides is 1. The Morgan fingerprint density at radius 2 is 2.12 bits per heavy atom. The quantitative estimate of drug-likeness (QED) is 0.559. The maximum Gasteiger partial charge on any atom is 0.305 e. The highest BCUT2D eigenvalue weighted by Gasteiger charge is 2.20. The molecule has 1 atom stereocenters. The van der Waals surface area contributed by atoms with Gasteiger partial charge in [-0.3, -0.25) is 9.59 Å². The molecular formula is C10H20N2O4. The molecule has 3 N–H and O–H groups in total. The van der Waals surface area contributed by atoms with Crippen molar-refractivity contribution >= 4 is 11.9 Å². The van der Waals surface area contributed by atoms with Gasteiger partial charge in [0, 0.05) is 19.1 Å². The van der Waals surface area contributed by atoms with Crippen molar-refractivity contribution in [1.29, 1.82) is 0 Å². The van der Waals surface area contributed by atoms with Crippen molar-refractivity contribution in [2.24, 2.45) is 5.73 Å². The SMILES string of the molecule is CCN(C(=O)COCCN)C(C)CC(=O)O. The van der Waals surface area contributed by atoms with Gasteiger partial charge in [-0.2, -0.15) is 0 Å². The van der Waals surface area contributed by atoms with Crippen LogP contribution in [0.5, 0.6) is 0 Å². The first kappa shape index (κ1) is 14.9. The molecule has 0 saturated carbocycles. The molecule has 0 spiro atoms. The molecule has 0 bridgehead atoms. The third-order valence-corrected chi connectivity index (χ3v) is 2.15. The lowest BCUT2D eigenvalue weighted by atomic mass is 10.2. The topological polar surface area (TPSA) is 92.9 Å². The smallest absolute Gasteiger partial charge is 0.305 e. The molecule has 0 saturated heterocycles. The third-order valence-electron chi connectivity index (χ3n) is 2.15. The lowest BCUT2D eigenvalue weighted by Gasteiger charge is -2.26. The molecule has 0 fully saturated rings. The molecule has 0 heterocycles. The fraction of sp³-hybridized carbons (Fsp3) is 0.800. The zero-order valence-electron chi connectivity index (χ0n) is 9.81. The summed E-state index contributed by atoms with van der Waals surface area (Å²) in [7, 11) is 0. The standard InChI is InChI=1S/C10H20N2O4/c1-3-12(8(2)6-10(14)15)9(13)7-16-5-4-11/h8H,3-7,11H2,1-2H3,(H,14,15). The van der Waals surface area contributed by atoms with Gasteiger partial charge in [-0.15, -0.1) is 0 Å². The summed E-state index contributed by atoms with van der Waals surface area (Å²) in [5.41, 5.74) is 5.22. The number of carboxylic acid groups (broad SMARTS) is 1. The zero-order valence-corrected chi connectivity index (χ0v) is 9.81. The summed E-state index contributed by atoms with van der Waals surface area (Å²) < 4.78 is 5.02. The number of nitrogens with two attached hydrogens (primary N) is 1. The average Bonchev–Trinajstić information content (AvgIpc) is 2.18. The van der Waals surface area contributed by atoms with Crippen LogP contribution >= 0.6 is 0 Å². The molecule has 0 aliphatic rings. The van der Waals surface area contributed by atoms with Crippen LogP contribution in [0.15, 0.2) is 0 Å². The number of likely N-dealkylation sites (N-methyl/N-ethyl adjacent to an activating group) is 1. The molecule has 94 valence electrons. The van der Waals surface area contributed by atoms with Crippen LogP contribution in [0.2, 0.25) is 0 Å². The van der Waals surface area contributed by atoms with Crippen LogP contribution in [0.3, 0.4) is 0 Å². The zero-order chi connectivity index (χ0) is 12.6. The van der Waals surface area contributed by atoms with Gasteiger partial charge in [-0.1, -0.05) is 0 Å². The Morgan fingerprint density at radius 3 is 2.56 bits per heavy atom. The Balaban J connectivity index is 4.14. The van der Waals surface area contributed by atoms with E-state index < -0.39 is 5.97 Å². The number of hydrogen-bond acceptors (Lipinski definition) is 4. The van der Waals surface area contributed by atoms with E-state index in [0.29, 0.717) is 19.7 Å². The predicted molar refractivity (Wildman–Crippen MR) is 59.0 cm³/mol. The van der Waals surface area contributed by atoms with E-state index >= 15 is 0 Å². The second kappa shape index (κ2) is 8.06. The minimum atomic E-state index is -0.915. The van der Waals surface area contributed by atoms with Crippen molar-refractivity contribution in [2.75, 3.05) is 26.3 Å². The van der Waals surface area contributed by atoms with E-state index in [1.54, 1.807) is 13.8 Å². The van der Waals surface area contributed by atoms with Crippen LogP contribution in [-0.4, -0.2) is 54.2 Å². The van der Waals surface area contributed by atoms with E-state index in [9.17, 15) is 9.59 Å². The van der Waals surface area contributed by atoms with Gasteiger partial charge in [0.2, 0.25) is 5.91 Å². The molecule has 0 aromatic heterocycles. The van der Waals surface area contributed by atoms with Crippen molar-refractivity contribution in [1.82, 2.24) is 4.90 Å². The maximum absolute atomic E-state index is 11.6. The average molecular weight is 232 g/mol. The van der Waals surface area contributed by atoms with E-state index in [0.717, 1.165) is 0 Å². The summed E-state index contributed by atoms with van der Waals surface area (Å²) in [6.45, 7) is 4.63. The summed E-state index contributed by atoms with van der Waals surface area (Å²) in [5, 5.41) is 8.64. The van der Waals surface area contributed by atoms with Crippen LogP contribution in [0, 0.1) is 0 Å². The van der Waals surface area contributed by atoms with Gasteiger partial charge in [-0.25, -0.2) is 0 Å². The number of aliphatic carboxylic acids is 1. The Bertz CT molecular complexity index is 233. The number of carbonyl (C=O) groups excluding carboxylic acids is 1. The van der Waals surface area contributed by atoms with Gasteiger partial charge in [0.05, 0.1) is 13.0 Å². The van der Waals surface area contributed by atoms with E-state index in [4.69, 9.17) is 15.6 Å². The highest BCUT2D eigenvalue weighted by Crippen LogP contribution is 2.04. The van der Waals surface area contributed by atoms with Gasteiger partial charge in [0.25, 0.3) is 0 Å². The molecule has 0 aromatic rings. The number of carbonyl (C=O) groups is 2. The molecule has 1 unspecified atom stereocenters.